The van der Waals surface area contributed by atoms with Gasteiger partial charge in [-0.3, -0.25) is 4.79 Å². The van der Waals surface area contributed by atoms with Crippen LogP contribution in [0.25, 0.3) is 0 Å². The molecule has 1 saturated heterocycles. The van der Waals surface area contributed by atoms with E-state index in [1.165, 1.54) is 10.4 Å². The number of aryl methyl sites for hydroxylation is 1. The van der Waals surface area contributed by atoms with Crippen molar-refractivity contribution in [3.8, 4) is 0 Å². The van der Waals surface area contributed by atoms with Crippen LogP contribution in [-0.4, -0.2) is 37.8 Å². The molecule has 2 aliphatic rings. The van der Waals surface area contributed by atoms with E-state index in [0.29, 0.717) is 42.5 Å². The van der Waals surface area contributed by atoms with E-state index >= 15 is 0 Å². The summed E-state index contributed by atoms with van der Waals surface area (Å²) in [5.41, 5.74) is 7.32. The molecule has 0 aliphatic carbocycles. The number of benzene rings is 1. The van der Waals surface area contributed by atoms with E-state index in [4.69, 9.17) is 5.73 Å². The molecule has 2 aliphatic heterocycles. The van der Waals surface area contributed by atoms with Gasteiger partial charge in [-0.25, -0.2) is 8.42 Å². The third kappa shape index (κ3) is 3.16. The Morgan fingerprint density at radius 1 is 1.32 bits per heavy atom. The summed E-state index contributed by atoms with van der Waals surface area (Å²) in [6.07, 6.45) is 1.71. The molecule has 9 heteroatoms. The van der Waals surface area contributed by atoms with E-state index in [1.807, 2.05) is 0 Å². The van der Waals surface area contributed by atoms with E-state index in [9.17, 15) is 13.2 Å². The van der Waals surface area contributed by atoms with Gasteiger partial charge < -0.3 is 11.1 Å². The Bertz CT molecular complexity index is 711. The average Bonchev–Trinajstić information content (AvgIpc) is 2.86. The van der Waals surface area contributed by atoms with E-state index in [0.717, 1.165) is 5.56 Å². The number of nitrogens with one attached hydrogen (secondary N) is 1. The molecule has 0 bridgehead atoms. The number of rotatable bonds is 2. The highest BCUT2D eigenvalue weighted by atomic mass is 79.9. The van der Waals surface area contributed by atoms with Crippen molar-refractivity contribution >= 4 is 50.0 Å². The largest absolute Gasteiger partial charge is 0.326 e. The van der Waals surface area contributed by atoms with Crippen molar-refractivity contribution in [2.24, 2.45) is 5.73 Å². The van der Waals surface area contributed by atoms with E-state index in [-0.39, 0.29) is 29.3 Å². The summed E-state index contributed by atoms with van der Waals surface area (Å²) >= 11 is 3.34. The number of amides is 1. The summed E-state index contributed by atoms with van der Waals surface area (Å²) < 4.78 is 27.3. The number of hydrogen-bond acceptors (Lipinski definition) is 4. The molecular weight excluding hydrogens is 394 g/mol. The molecule has 0 aromatic heterocycles. The quantitative estimate of drug-likeness (QED) is 0.772. The molecule has 2 heterocycles. The molecule has 1 aromatic carbocycles. The summed E-state index contributed by atoms with van der Waals surface area (Å²) in [6.45, 7) is 0.762. The van der Waals surface area contributed by atoms with E-state index < -0.39 is 10.0 Å². The standard InChI is InChI=1S/C13H16BrN3O3S.ClH/c14-10-5-8-1-2-13(18)16-11(8)6-12(10)21(19,20)17-4-3-9(15)7-17;/h5-6,9H,1-4,7,15H2,(H,16,18);1H/t9-;/m1./s1. The second-order valence-corrected chi connectivity index (χ2v) is 8.16. The van der Waals surface area contributed by atoms with Crippen LogP contribution in [0.5, 0.6) is 0 Å². The van der Waals surface area contributed by atoms with Gasteiger partial charge in [0.05, 0.1) is 4.90 Å². The molecular formula is C13H17BrClN3O3S. The Balaban J connectivity index is 0.00000176. The topological polar surface area (TPSA) is 92.5 Å². The van der Waals surface area contributed by atoms with Gasteiger partial charge in [0, 0.05) is 35.7 Å². The molecule has 6 nitrogen and oxygen atoms in total. The number of carbonyl (C=O) groups is 1. The molecule has 1 amide bonds. The molecule has 0 saturated carbocycles. The van der Waals surface area contributed by atoms with Crippen molar-refractivity contribution in [3.63, 3.8) is 0 Å². The maximum atomic E-state index is 12.7. The Morgan fingerprint density at radius 2 is 2.05 bits per heavy atom. The second kappa shape index (κ2) is 6.45. The van der Waals surface area contributed by atoms with Gasteiger partial charge in [-0.1, -0.05) is 0 Å². The van der Waals surface area contributed by atoms with Gasteiger partial charge >= 0.3 is 0 Å². The molecule has 3 N–H and O–H groups in total. The van der Waals surface area contributed by atoms with Crippen LogP contribution in [-0.2, 0) is 21.2 Å². The van der Waals surface area contributed by atoms with Crippen molar-refractivity contribution < 1.29 is 13.2 Å². The first-order chi connectivity index (χ1) is 9.88. The average molecular weight is 411 g/mol. The Labute approximate surface area is 144 Å². The lowest BCUT2D eigenvalue weighted by Gasteiger charge is -2.21. The summed E-state index contributed by atoms with van der Waals surface area (Å²) in [7, 11) is -3.60. The summed E-state index contributed by atoms with van der Waals surface area (Å²) in [6, 6.07) is 3.20. The number of nitrogens with zero attached hydrogens (tertiary/aromatic N) is 1. The number of fused-ring (bicyclic) bond motifs is 1. The Hall–Kier alpha value is -0.670. The first-order valence-corrected chi connectivity index (χ1v) is 8.99. The van der Waals surface area contributed by atoms with Crippen LogP contribution in [0.2, 0.25) is 0 Å². The lowest BCUT2D eigenvalue weighted by Crippen LogP contribution is -2.32. The highest BCUT2D eigenvalue weighted by Gasteiger charge is 2.33. The fraction of sp³-hybridized carbons (Fsp3) is 0.462. The lowest BCUT2D eigenvalue weighted by atomic mass is 10.0. The van der Waals surface area contributed by atoms with Crippen LogP contribution >= 0.6 is 28.3 Å². The van der Waals surface area contributed by atoms with Crippen LogP contribution in [0.1, 0.15) is 18.4 Å². The maximum Gasteiger partial charge on any atom is 0.244 e. The minimum Gasteiger partial charge on any atom is -0.326 e. The SMILES string of the molecule is Cl.N[C@@H]1CCN(S(=O)(=O)c2cc3c(cc2Br)CCC(=O)N3)C1. The van der Waals surface area contributed by atoms with Gasteiger partial charge in [0.25, 0.3) is 0 Å². The summed E-state index contributed by atoms with van der Waals surface area (Å²) in [5.74, 6) is -0.0867. The van der Waals surface area contributed by atoms with Gasteiger partial charge in [0.15, 0.2) is 0 Å². The number of anilines is 1. The van der Waals surface area contributed by atoms with Crippen LogP contribution in [0.4, 0.5) is 5.69 Å². The Kier molecular flexibility index (Phi) is 5.18. The normalized spacial score (nSPS) is 21.9. The molecule has 0 unspecified atom stereocenters. The third-order valence-corrected chi connectivity index (χ3v) is 6.68. The van der Waals surface area contributed by atoms with Crippen molar-refractivity contribution in [1.82, 2.24) is 4.31 Å². The Morgan fingerprint density at radius 3 is 2.68 bits per heavy atom. The molecule has 3 rings (SSSR count). The van der Waals surface area contributed by atoms with Crippen molar-refractivity contribution in [2.45, 2.75) is 30.2 Å². The fourth-order valence-corrected chi connectivity index (χ4v) is 5.28. The smallest absolute Gasteiger partial charge is 0.244 e. The zero-order valence-corrected chi connectivity index (χ0v) is 14.9. The molecule has 0 spiro atoms. The van der Waals surface area contributed by atoms with Crippen molar-refractivity contribution in [1.29, 1.82) is 0 Å². The second-order valence-electron chi connectivity index (χ2n) is 5.40. The third-order valence-electron chi connectivity index (χ3n) is 3.86. The minimum atomic E-state index is -3.60. The van der Waals surface area contributed by atoms with Gasteiger partial charge in [-0.05, 0) is 46.5 Å². The maximum absolute atomic E-state index is 12.7. The van der Waals surface area contributed by atoms with Crippen molar-refractivity contribution in [2.75, 3.05) is 18.4 Å². The first kappa shape index (κ1) is 17.7. The monoisotopic (exact) mass is 409 g/mol. The number of halogens is 2. The number of nitrogens with two attached hydrogens (primary N) is 1. The van der Waals surface area contributed by atoms with Crippen LogP contribution < -0.4 is 11.1 Å². The van der Waals surface area contributed by atoms with Crippen LogP contribution in [0, 0.1) is 0 Å². The van der Waals surface area contributed by atoms with Crippen molar-refractivity contribution in [3.05, 3.63) is 22.2 Å². The predicted octanol–water partition coefficient (Wildman–Crippen LogP) is 1.48. The molecule has 1 aromatic rings. The fourth-order valence-electron chi connectivity index (χ4n) is 2.69. The molecule has 22 heavy (non-hydrogen) atoms. The van der Waals surface area contributed by atoms with Crippen LogP contribution in [0.15, 0.2) is 21.5 Å². The van der Waals surface area contributed by atoms with Gasteiger partial charge in [-0.15, -0.1) is 12.4 Å². The minimum absolute atomic E-state index is 0. The van der Waals surface area contributed by atoms with Gasteiger partial charge in [0.1, 0.15) is 0 Å². The zero-order valence-electron chi connectivity index (χ0n) is 11.7. The summed E-state index contributed by atoms with van der Waals surface area (Å²) in [5, 5.41) is 2.73. The zero-order chi connectivity index (χ0) is 15.2. The van der Waals surface area contributed by atoms with E-state index in [1.54, 1.807) is 6.07 Å². The highest BCUT2D eigenvalue weighted by Crippen LogP contribution is 2.34. The highest BCUT2D eigenvalue weighted by molar-refractivity contribution is 9.10. The predicted molar refractivity (Wildman–Crippen MR) is 89.7 cm³/mol. The molecule has 1 atom stereocenters. The molecule has 122 valence electrons. The number of carbonyl (C=O) groups excluding carboxylic acids is 1. The lowest BCUT2D eigenvalue weighted by molar-refractivity contribution is -0.116. The molecule has 1 fully saturated rings. The number of sulfonamides is 1. The number of hydrogen-bond donors (Lipinski definition) is 2. The van der Waals surface area contributed by atoms with Crippen LogP contribution in [0.3, 0.4) is 0 Å². The van der Waals surface area contributed by atoms with Gasteiger partial charge in [-0.2, -0.15) is 4.31 Å². The van der Waals surface area contributed by atoms with Gasteiger partial charge in [0.2, 0.25) is 15.9 Å². The van der Waals surface area contributed by atoms with E-state index in [2.05, 4.69) is 21.2 Å². The first-order valence-electron chi connectivity index (χ1n) is 6.76. The molecule has 0 radical (unpaired) electrons. The summed E-state index contributed by atoms with van der Waals surface area (Å²) in [4.78, 5) is 11.6.